The molecule has 0 bridgehead atoms. The number of fused-ring (bicyclic) bond motifs is 1. The normalized spacial score (nSPS) is 15.2. The van der Waals surface area contributed by atoms with Crippen LogP contribution in [0.4, 0.5) is 22.0 Å². The van der Waals surface area contributed by atoms with Crippen LogP contribution in [0.3, 0.4) is 0 Å². The molecule has 0 amide bonds. The minimum atomic E-state index is -1.34. The molecule has 3 aromatic heterocycles. The molecule has 46 heavy (non-hydrogen) atoms. The number of nitrogens with zero attached hydrogens (tertiary/aromatic N) is 6. The summed E-state index contributed by atoms with van der Waals surface area (Å²) in [5, 5.41) is 9.46. The standard InChI is InChI=1S/C31H35FN8O6/c1-44-23-12-17(11-18-15-35-31(34)36-27(18)33)13-24(45-2)26(23)46-10-9-38-5-7-39(8-6-38)29-22(32)14-20-25(41)21(30(42)43)16-40(19-3-4-19)28(20)37-29/h12-16,19H,3-11H2,1-2H3,(H,42,43)(H4,33,34,35,36). The largest absolute Gasteiger partial charge is 0.493 e. The van der Waals surface area contributed by atoms with Gasteiger partial charge in [-0.1, -0.05) is 0 Å². The molecule has 0 unspecified atom stereocenters. The Balaban J connectivity index is 1.10. The zero-order valence-corrected chi connectivity index (χ0v) is 25.5. The van der Waals surface area contributed by atoms with Crippen molar-refractivity contribution in [1.82, 2.24) is 24.4 Å². The average molecular weight is 635 g/mol. The van der Waals surface area contributed by atoms with Gasteiger partial charge in [0, 0.05) is 63.1 Å². The molecular weight excluding hydrogens is 599 g/mol. The first-order valence-electron chi connectivity index (χ1n) is 14.9. The van der Waals surface area contributed by atoms with Crippen LogP contribution in [0.25, 0.3) is 11.0 Å². The van der Waals surface area contributed by atoms with Crippen LogP contribution in [0.15, 0.2) is 35.4 Å². The lowest BCUT2D eigenvalue weighted by molar-refractivity contribution is 0.0694. The van der Waals surface area contributed by atoms with E-state index in [-0.39, 0.29) is 28.8 Å². The number of benzene rings is 1. The van der Waals surface area contributed by atoms with Gasteiger partial charge in [-0.15, -0.1) is 0 Å². The number of nitrogen functional groups attached to an aromatic ring is 2. The number of hydrogen-bond acceptors (Lipinski definition) is 12. The van der Waals surface area contributed by atoms with E-state index in [1.165, 1.54) is 6.20 Å². The lowest BCUT2D eigenvalue weighted by Crippen LogP contribution is -2.48. The quantitative estimate of drug-likeness (QED) is 0.219. The SMILES string of the molecule is COc1cc(Cc2cnc(N)nc2N)cc(OC)c1OCCN1CCN(c2nc3c(cc2F)c(=O)c(C(=O)O)cn3C2CC2)CC1. The van der Waals surface area contributed by atoms with Gasteiger partial charge in [-0.05, 0) is 36.6 Å². The minimum absolute atomic E-state index is 0.0221. The molecule has 1 aromatic carbocycles. The highest BCUT2D eigenvalue weighted by Gasteiger charge is 2.29. The van der Waals surface area contributed by atoms with Gasteiger partial charge in [0.2, 0.25) is 17.1 Å². The highest BCUT2D eigenvalue weighted by molar-refractivity contribution is 5.92. The molecule has 4 heterocycles. The number of rotatable bonds is 11. The van der Waals surface area contributed by atoms with Crippen molar-refractivity contribution < 1.29 is 28.5 Å². The molecule has 1 saturated heterocycles. The van der Waals surface area contributed by atoms with Gasteiger partial charge in [0.05, 0.1) is 19.6 Å². The van der Waals surface area contributed by atoms with Gasteiger partial charge in [-0.2, -0.15) is 4.98 Å². The van der Waals surface area contributed by atoms with E-state index >= 15 is 4.39 Å². The van der Waals surface area contributed by atoms with Crippen LogP contribution in [0.2, 0.25) is 0 Å². The summed E-state index contributed by atoms with van der Waals surface area (Å²) in [7, 11) is 3.11. The number of aromatic nitrogens is 4. The van der Waals surface area contributed by atoms with E-state index in [0.717, 1.165) is 30.0 Å². The summed E-state index contributed by atoms with van der Waals surface area (Å²) in [4.78, 5) is 41.1. The Hall–Kier alpha value is -5.18. The van der Waals surface area contributed by atoms with Gasteiger partial charge in [-0.25, -0.2) is 19.2 Å². The summed E-state index contributed by atoms with van der Waals surface area (Å²) in [5.41, 5.74) is 12.4. The predicted molar refractivity (Wildman–Crippen MR) is 169 cm³/mol. The van der Waals surface area contributed by atoms with E-state index in [9.17, 15) is 14.7 Å². The summed E-state index contributed by atoms with van der Waals surface area (Å²) in [6.45, 7) is 3.24. The third-order valence-electron chi connectivity index (χ3n) is 8.27. The fraction of sp³-hybridized carbons (Fsp3) is 0.387. The van der Waals surface area contributed by atoms with Crippen LogP contribution in [0.5, 0.6) is 17.2 Å². The lowest BCUT2D eigenvalue weighted by atomic mass is 10.1. The highest BCUT2D eigenvalue weighted by atomic mass is 19.1. The smallest absolute Gasteiger partial charge is 0.341 e. The third kappa shape index (κ3) is 6.18. The molecule has 4 aromatic rings. The van der Waals surface area contributed by atoms with Crippen molar-refractivity contribution >= 4 is 34.6 Å². The lowest BCUT2D eigenvalue weighted by Gasteiger charge is -2.35. The average Bonchev–Trinajstić information content (AvgIpc) is 3.89. The van der Waals surface area contributed by atoms with E-state index in [0.29, 0.717) is 74.5 Å². The number of nitrogens with two attached hydrogens (primary N) is 2. The van der Waals surface area contributed by atoms with Crippen molar-refractivity contribution in [3.05, 3.63) is 63.3 Å². The zero-order chi connectivity index (χ0) is 32.5. The Morgan fingerprint density at radius 1 is 1.07 bits per heavy atom. The molecule has 0 spiro atoms. The summed E-state index contributed by atoms with van der Waals surface area (Å²) >= 11 is 0. The van der Waals surface area contributed by atoms with Crippen molar-refractivity contribution in [2.45, 2.75) is 25.3 Å². The van der Waals surface area contributed by atoms with Gasteiger partial charge in [0.15, 0.2) is 23.1 Å². The van der Waals surface area contributed by atoms with Gasteiger partial charge < -0.3 is 40.3 Å². The molecule has 5 N–H and O–H groups in total. The Bertz CT molecular complexity index is 1830. The third-order valence-corrected chi connectivity index (χ3v) is 8.27. The van der Waals surface area contributed by atoms with E-state index in [2.05, 4.69) is 19.9 Å². The number of anilines is 3. The number of pyridine rings is 2. The van der Waals surface area contributed by atoms with Crippen LogP contribution >= 0.6 is 0 Å². The molecule has 15 heteroatoms. The topological polar surface area (TPSA) is 184 Å². The molecule has 2 fully saturated rings. The predicted octanol–water partition coefficient (Wildman–Crippen LogP) is 2.33. The van der Waals surface area contributed by atoms with Crippen LogP contribution in [0, 0.1) is 5.82 Å². The minimum Gasteiger partial charge on any atom is -0.493 e. The molecule has 1 aliphatic carbocycles. The number of hydrogen-bond donors (Lipinski definition) is 3. The maximum absolute atomic E-state index is 15.3. The number of ether oxygens (including phenoxy) is 3. The maximum Gasteiger partial charge on any atom is 0.341 e. The second-order valence-electron chi connectivity index (χ2n) is 11.3. The van der Waals surface area contributed by atoms with Crippen LogP contribution in [-0.2, 0) is 6.42 Å². The maximum atomic E-state index is 15.3. The molecule has 6 rings (SSSR count). The molecule has 0 atom stereocenters. The van der Waals surface area contributed by atoms with Gasteiger partial charge in [0.25, 0.3) is 0 Å². The van der Waals surface area contributed by atoms with Crippen LogP contribution in [0.1, 0.15) is 40.4 Å². The molecule has 1 aliphatic heterocycles. The van der Waals surface area contributed by atoms with Crippen LogP contribution < -0.4 is 36.0 Å². The van der Waals surface area contributed by atoms with E-state index in [4.69, 9.17) is 25.7 Å². The highest BCUT2D eigenvalue weighted by Crippen LogP contribution is 2.40. The second kappa shape index (κ2) is 12.7. The fourth-order valence-electron chi connectivity index (χ4n) is 5.67. The van der Waals surface area contributed by atoms with Crippen molar-refractivity contribution in [3.63, 3.8) is 0 Å². The Kier molecular flexibility index (Phi) is 8.49. The fourth-order valence-corrected chi connectivity index (χ4v) is 5.67. The summed E-state index contributed by atoms with van der Waals surface area (Å²) < 4.78 is 34.4. The molecular formula is C31H35FN8O6. The first-order chi connectivity index (χ1) is 22.2. The molecule has 242 valence electrons. The molecule has 2 aliphatic rings. The van der Waals surface area contributed by atoms with E-state index < -0.39 is 17.2 Å². The Morgan fingerprint density at radius 2 is 1.76 bits per heavy atom. The number of halogens is 1. The van der Waals surface area contributed by atoms with Crippen molar-refractivity contribution in [1.29, 1.82) is 0 Å². The summed E-state index contributed by atoms with van der Waals surface area (Å²) in [5.74, 6) is 0.0660. The van der Waals surface area contributed by atoms with Gasteiger partial charge in [0.1, 0.15) is 23.6 Å². The number of piperazine rings is 1. The molecule has 14 nitrogen and oxygen atoms in total. The van der Waals surface area contributed by atoms with Crippen molar-refractivity contribution in [2.75, 3.05) is 69.9 Å². The second-order valence-corrected chi connectivity index (χ2v) is 11.3. The van der Waals surface area contributed by atoms with Crippen molar-refractivity contribution in [2.24, 2.45) is 0 Å². The number of carboxylic acid groups (broad SMARTS) is 1. The monoisotopic (exact) mass is 634 g/mol. The number of aromatic carboxylic acids is 1. The van der Waals surface area contributed by atoms with Gasteiger partial charge >= 0.3 is 5.97 Å². The number of methoxy groups -OCH3 is 2. The zero-order valence-electron chi connectivity index (χ0n) is 25.5. The summed E-state index contributed by atoms with van der Waals surface area (Å²) in [6, 6.07) is 4.87. The Morgan fingerprint density at radius 3 is 2.37 bits per heavy atom. The van der Waals surface area contributed by atoms with Gasteiger partial charge in [-0.3, -0.25) is 9.69 Å². The first kappa shape index (κ1) is 30.8. The molecule has 0 radical (unpaired) electrons. The number of carboxylic acids is 1. The molecule has 1 saturated carbocycles. The number of carbonyl (C=O) groups is 1. The van der Waals surface area contributed by atoms with Crippen LogP contribution in [-0.4, -0.2) is 89.0 Å². The van der Waals surface area contributed by atoms with E-state index in [1.54, 1.807) is 25.0 Å². The summed E-state index contributed by atoms with van der Waals surface area (Å²) in [6.07, 6.45) is 5.07. The van der Waals surface area contributed by atoms with E-state index in [1.807, 2.05) is 17.0 Å². The first-order valence-corrected chi connectivity index (χ1v) is 14.9. The van der Waals surface area contributed by atoms with Crippen molar-refractivity contribution in [3.8, 4) is 17.2 Å². The Labute approximate surface area is 263 Å².